The van der Waals surface area contributed by atoms with Crippen LogP contribution in [0.4, 0.5) is 5.69 Å². The molecule has 2 amide bonds. The molecule has 1 aromatic rings. The molecule has 0 atom stereocenters. The van der Waals surface area contributed by atoms with Gasteiger partial charge in [-0.05, 0) is 63.5 Å². The van der Waals surface area contributed by atoms with Gasteiger partial charge in [0, 0.05) is 23.7 Å². The van der Waals surface area contributed by atoms with Gasteiger partial charge < -0.3 is 16.0 Å². The highest BCUT2D eigenvalue weighted by molar-refractivity contribution is 5.96. The second-order valence-corrected chi connectivity index (χ2v) is 6.24. The molecule has 0 spiro atoms. The smallest absolute Gasteiger partial charge is 0.251 e. The first-order chi connectivity index (χ1) is 11.1. The monoisotopic (exact) mass is 317 g/mol. The van der Waals surface area contributed by atoms with Gasteiger partial charge in [0.25, 0.3) is 5.91 Å². The van der Waals surface area contributed by atoms with Crippen molar-refractivity contribution in [3.05, 3.63) is 29.3 Å². The minimum atomic E-state index is -0.0214. The summed E-state index contributed by atoms with van der Waals surface area (Å²) in [5.41, 5.74) is 2.34. The quantitative estimate of drug-likeness (QED) is 0.677. The van der Waals surface area contributed by atoms with Gasteiger partial charge >= 0.3 is 0 Å². The summed E-state index contributed by atoms with van der Waals surface area (Å²) in [6.45, 7) is 2.74. The van der Waals surface area contributed by atoms with Crippen molar-refractivity contribution in [2.45, 2.75) is 51.5 Å². The Balaban J connectivity index is 1.91. The second-order valence-electron chi connectivity index (χ2n) is 6.24. The largest absolute Gasteiger partial charge is 0.349 e. The zero-order valence-electron chi connectivity index (χ0n) is 14.1. The van der Waals surface area contributed by atoms with Gasteiger partial charge in [-0.2, -0.15) is 0 Å². The number of aryl methyl sites for hydroxylation is 1. The lowest BCUT2D eigenvalue weighted by Gasteiger charge is -2.14. The van der Waals surface area contributed by atoms with Crippen molar-refractivity contribution in [2.75, 3.05) is 18.9 Å². The number of carbonyl (C=O) groups is 2. The maximum atomic E-state index is 12.3. The average Bonchev–Trinajstić information content (AvgIpc) is 3.02. The van der Waals surface area contributed by atoms with Crippen LogP contribution in [0.1, 0.15) is 54.4 Å². The summed E-state index contributed by atoms with van der Waals surface area (Å²) in [5, 5.41) is 9.02. The van der Waals surface area contributed by atoms with E-state index in [1.54, 1.807) is 6.07 Å². The zero-order valence-corrected chi connectivity index (χ0v) is 14.1. The van der Waals surface area contributed by atoms with Crippen molar-refractivity contribution in [1.29, 1.82) is 0 Å². The molecule has 0 aromatic heterocycles. The number of hydrogen-bond donors (Lipinski definition) is 3. The van der Waals surface area contributed by atoms with E-state index in [1.807, 2.05) is 26.1 Å². The van der Waals surface area contributed by atoms with E-state index < -0.39 is 0 Å². The van der Waals surface area contributed by atoms with Crippen molar-refractivity contribution >= 4 is 17.5 Å². The Hall–Kier alpha value is -1.88. The molecular weight excluding hydrogens is 290 g/mol. The highest BCUT2D eigenvalue weighted by Crippen LogP contribution is 2.20. The molecule has 3 N–H and O–H groups in total. The summed E-state index contributed by atoms with van der Waals surface area (Å²) < 4.78 is 0. The van der Waals surface area contributed by atoms with Crippen molar-refractivity contribution in [2.24, 2.45) is 0 Å². The Morgan fingerprint density at radius 3 is 2.61 bits per heavy atom. The Morgan fingerprint density at radius 1 is 1.22 bits per heavy atom. The van der Waals surface area contributed by atoms with Gasteiger partial charge in [0.15, 0.2) is 0 Å². The maximum absolute atomic E-state index is 12.3. The Labute approximate surface area is 138 Å². The van der Waals surface area contributed by atoms with Crippen molar-refractivity contribution in [3.63, 3.8) is 0 Å². The van der Waals surface area contributed by atoms with Crippen molar-refractivity contribution in [1.82, 2.24) is 10.6 Å². The van der Waals surface area contributed by atoms with Gasteiger partial charge in [-0.25, -0.2) is 0 Å². The van der Waals surface area contributed by atoms with Gasteiger partial charge in [0.1, 0.15) is 0 Å². The number of anilines is 1. The van der Waals surface area contributed by atoms with Crippen LogP contribution in [0.2, 0.25) is 0 Å². The summed E-state index contributed by atoms with van der Waals surface area (Å²) in [6, 6.07) is 5.75. The van der Waals surface area contributed by atoms with Gasteiger partial charge in [0.05, 0.1) is 0 Å². The SMILES string of the molecule is CNCCCC(=O)Nc1ccc(C(=O)NC2CCCC2)cc1C. The minimum absolute atomic E-state index is 0.00603. The Morgan fingerprint density at radius 2 is 1.96 bits per heavy atom. The lowest BCUT2D eigenvalue weighted by atomic mass is 10.1. The first kappa shape index (κ1) is 17.5. The average molecular weight is 317 g/mol. The Kier molecular flexibility index (Phi) is 6.59. The predicted octanol–water partition coefficient (Wildman–Crippen LogP) is 2.61. The summed E-state index contributed by atoms with van der Waals surface area (Å²) in [7, 11) is 1.87. The number of hydrogen-bond acceptors (Lipinski definition) is 3. The molecule has 0 heterocycles. The molecule has 5 heteroatoms. The molecule has 1 aliphatic carbocycles. The highest BCUT2D eigenvalue weighted by Gasteiger charge is 2.18. The lowest BCUT2D eigenvalue weighted by Crippen LogP contribution is -2.32. The molecule has 23 heavy (non-hydrogen) atoms. The molecule has 1 aliphatic rings. The van der Waals surface area contributed by atoms with E-state index in [9.17, 15) is 9.59 Å². The van der Waals surface area contributed by atoms with Crippen LogP contribution in [-0.2, 0) is 4.79 Å². The second kappa shape index (κ2) is 8.67. The number of carbonyl (C=O) groups excluding carboxylic acids is 2. The zero-order chi connectivity index (χ0) is 16.7. The van der Waals surface area contributed by atoms with Crippen LogP contribution in [0, 0.1) is 6.92 Å². The van der Waals surface area contributed by atoms with Crippen LogP contribution in [0.25, 0.3) is 0 Å². The third kappa shape index (κ3) is 5.36. The molecule has 0 unspecified atom stereocenters. The van der Waals surface area contributed by atoms with Crippen LogP contribution in [0.3, 0.4) is 0 Å². The van der Waals surface area contributed by atoms with E-state index in [1.165, 1.54) is 12.8 Å². The Bertz CT molecular complexity index is 551. The van der Waals surface area contributed by atoms with Crippen LogP contribution in [0.5, 0.6) is 0 Å². The first-order valence-electron chi connectivity index (χ1n) is 8.46. The number of rotatable bonds is 7. The van der Waals surface area contributed by atoms with E-state index in [-0.39, 0.29) is 11.8 Å². The molecule has 0 aliphatic heterocycles. The highest BCUT2D eigenvalue weighted by atomic mass is 16.2. The molecule has 0 saturated heterocycles. The van der Waals surface area contributed by atoms with Gasteiger partial charge in [-0.1, -0.05) is 12.8 Å². The molecular formula is C18H27N3O2. The van der Waals surface area contributed by atoms with Gasteiger partial charge in [-0.3, -0.25) is 9.59 Å². The summed E-state index contributed by atoms with van der Waals surface area (Å²) >= 11 is 0. The van der Waals surface area contributed by atoms with Crippen LogP contribution in [0.15, 0.2) is 18.2 Å². The standard InChI is InChI=1S/C18H27N3O2/c1-13-12-14(18(23)20-15-6-3-4-7-15)9-10-16(13)21-17(22)8-5-11-19-2/h9-10,12,15,19H,3-8,11H2,1-2H3,(H,20,23)(H,21,22). The summed E-state index contributed by atoms with van der Waals surface area (Å²) in [5.74, 6) is -0.0154. The van der Waals surface area contributed by atoms with E-state index in [0.717, 1.165) is 37.1 Å². The summed E-state index contributed by atoms with van der Waals surface area (Å²) in [6.07, 6.45) is 5.84. The predicted molar refractivity (Wildman–Crippen MR) is 92.7 cm³/mol. The maximum Gasteiger partial charge on any atom is 0.251 e. The van der Waals surface area contributed by atoms with E-state index in [0.29, 0.717) is 18.0 Å². The summed E-state index contributed by atoms with van der Waals surface area (Å²) in [4.78, 5) is 24.1. The van der Waals surface area contributed by atoms with E-state index >= 15 is 0 Å². The van der Waals surface area contributed by atoms with Crippen LogP contribution in [-0.4, -0.2) is 31.4 Å². The van der Waals surface area contributed by atoms with E-state index in [4.69, 9.17) is 0 Å². The number of amides is 2. The van der Waals surface area contributed by atoms with Gasteiger partial charge in [0.2, 0.25) is 5.91 Å². The molecule has 1 saturated carbocycles. The topological polar surface area (TPSA) is 70.2 Å². The minimum Gasteiger partial charge on any atom is -0.349 e. The fourth-order valence-corrected chi connectivity index (χ4v) is 2.92. The third-order valence-corrected chi connectivity index (χ3v) is 4.28. The fraction of sp³-hybridized carbons (Fsp3) is 0.556. The van der Waals surface area contributed by atoms with Crippen LogP contribution < -0.4 is 16.0 Å². The molecule has 2 rings (SSSR count). The van der Waals surface area contributed by atoms with Crippen LogP contribution >= 0.6 is 0 Å². The lowest BCUT2D eigenvalue weighted by molar-refractivity contribution is -0.116. The third-order valence-electron chi connectivity index (χ3n) is 4.28. The normalized spacial score (nSPS) is 14.7. The molecule has 1 aromatic carbocycles. The molecule has 126 valence electrons. The fourth-order valence-electron chi connectivity index (χ4n) is 2.92. The van der Waals surface area contributed by atoms with Crippen molar-refractivity contribution < 1.29 is 9.59 Å². The molecule has 0 bridgehead atoms. The van der Waals surface area contributed by atoms with Gasteiger partial charge in [-0.15, -0.1) is 0 Å². The first-order valence-corrected chi connectivity index (χ1v) is 8.46. The number of nitrogens with one attached hydrogen (secondary N) is 3. The number of benzene rings is 1. The molecule has 5 nitrogen and oxygen atoms in total. The molecule has 1 fully saturated rings. The molecule has 0 radical (unpaired) electrons. The van der Waals surface area contributed by atoms with Crippen molar-refractivity contribution in [3.8, 4) is 0 Å². The van der Waals surface area contributed by atoms with E-state index in [2.05, 4.69) is 16.0 Å².